The van der Waals surface area contributed by atoms with Crippen molar-refractivity contribution < 1.29 is 9.53 Å². The van der Waals surface area contributed by atoms with Crippen LogP contribution in [0.15, 0.2) is 77.9 Å². The Hall–Kier alpha value is -3.15. The van der Waals surface area contributed by atoms with Crippen molar-refractivity contribution in [3.8, 4) is 5.75 Å². The van der Waals surface area contributed by atoms with Crippen LogP contribution in [0.1, 0.15) is 34.7 Å². The molecule has 0 spiro atoms. The highest BCUT2D eigenvalue weighted by atomic mass is 35.5. The molecule has 3 aromatic rings. The van der Waals surface area contributed by atoms with Crippen LogP contribution in [0.3, 0.4) is 0 Å². The van der Waals surface area contributed by atoms with Gasteiger partial charge in [0.1, 0.15) is 5.75 Å². The third kappa shape index (κ3) is 4.39. The quantitative estimate of drug-likeness (QED) is 0.534. The Bertz CT molecular complexity index is 1210. The van der Waals surface area contributed by atoms with Crippen LogP contribution in [0.5, 0.6) is 5.75 Å². The molecule has 0 radical (unpaired) electrons. The van der Waals surface area contributed by atoms with E-state index in [-0.39, 0.29) is 11.9 Å². The molecule has 2 heterocycles. The van der Waals surface area contributed by atoms with Crippen LogP contribution in [0, 0.1) is 0 Å². The molecule has 33 heavy (non-hydrogen) atoms. The predicted octanol–water partition coefficient (Wildman–Crippen LogP) is 5.08. The van der Waals surface area contributed by atoms with E-state index in [1.54, 1.807) is 12.1 Å². The molecule has 5 rings (SSSR count). The van der Waals surface area contributed by atoms with Crippen LogP contribution in [0.4, 0.5) is 0 Å². The van der Waals surface area contributed by atoms with Crippen molar-refractivity contribution in [1.29, 1.82) is 0 Å². The summed E-state index contributed by atoms with van der Waals surface area (Å²) in [5, 5.41) is 7.08. The van der Waals surface area contributed by atoms with Gasteiger partial charge in [-0.05, 0) is 41.3 Å². The topological polar surface area (TPSA) is 45.1 Å². The fourth-order valence-corrected chi connectivity index (χ4v) is 4.99. The van der Waals surface area contributed by atoms with Crippen molar-refractivity contribution in [3.05, 3.63) is 100 Å². The highest BCUT2D eigenvalue weighted by Gasteiger charge is 2.35. The summed E-state index contributed by atoms with van der Waals surface area (Å²) in [5.41, 5.74) is 5.30. The number of ether oxygens (including phenoxy) is 1. The molecular weight excluding hydrogens is 434 g/mol. The molecule has 0 bridgehead atoms. The maximum Gasteiger partial charge on any atom is 0.257 e. The van der Waals surface area contributed by atoms with Gasteiger partial charge in [0.15, 0.2) is 0 Å². The zero-order chi connectivity index (χ0) is 22.8. The van der Waals surface area contributed by atoms with Crippen molar-refractivity contribution >= 4 is 23.2 Å². The average Bonchev–Trinajstić information content (AvgIpc) is 3.29. The van der Waals surface area contributed by atoms with Crippen molar-refractivity contribution in [3.63, 3.8) is 0 Å². The first-order valence-electron chi connectivity index (χ1n) is 11.2. The van der Waals surface area contributed by atoms with Crippen LogP contribution in [-0.4, -0.2) is 41.7 Å². The zero-order valence-electron chi connectivity index (χ0n) is 18.6. The summed E-state index contributed by atoms with van der Waals surface area (Å²) in [7, 11) is 1.65. The number of hydrazone groups is 1. The highest BCUT2D eigenvalue weighted by molar-refractivity contribution is 6.31. The molecule has 2 aliphatic heterocycles. The molecule has 3 aromatic carbocycles. The maximum atomic E-state index is 13.6. The third-order valence-electron chi connectivity index (χ3n) is 6.42. The number of methoxy groups -OCH3 is 1. The SMILES string of the molecule is COc1ccccc1C1=NN(C(=O)CN2CCc3ccccc3C2)[C@@H](c2ccccc2Cl)C1. The number of carbonyl (C=O) groups is 1. The number of para-hydroxylation sites is 1. The van der Waals surface area contributed by atoms with Gasteiger partial charge >= 0.3 is 0 Å². The largest absolute Gasteiger partial charge is 0.496 e. The van der Waals surface area contributed by atoms with Crippen molar-refractivity contribution in [1.82, 2.24) is 9.91 Å². The van der Waals surface area contributed by atoms with Crippen LogP contribution in [0.25, 0.3) is 0 Å². The molecule has 1 amide bonds. The minimum absolute atomic E-state index is 0.0239. The smallest absolute Gasteiger partial charge is 0.257 e. The van der Waals surface area contributed by atoms with Gasteiger partial charge in [0.05, 0.1) is 25.4 Å². The van der Waals surface area contributed by atoms with Crippen LogP contribution >= 0.6 is 11.6 Å². The fourth-order valence-electron chi connectivity index (χ4n) is 4.73. The fraction of sp³-hybridized carbons (Fsp3) is 0.259. The first-order chi connectivity index (χ1) is 16.1. The van der Waals surface area contributed by atoms with E-state index in [1.807, 2.05) is 48.5 Å². The maximum absolute atomic E-state index is 13.6. The summed E-state index contributed by atoms with van der Waals surface area (Å²) in [6, 6.07) is 23.7. The standard InChI is InChI=1S/C27H26ClN3O2/c1-33-26-13-7-5-11-22(26)24-16-25(21-10-4-6-12-23(21)28)31(29-24)27(32)18-30-15-14-19-8-2-3-9-20(19)17-30/h2-13,25H,14-18H2,1H3/t25-/m1/s1. The number of carbonyl (C=O) groups excluding carboxylic acids is 1. The number of hydrogen-bond donors (Lipinski definition) is 0. The Morgan fingerprint density at radius 3 is 2.58 bits per heavy atom. The van der Waals surface area contributed by atoms with Crippen LogP contribution in [0.2, 0.25) is 5.02 Å². The highest BCUT2D eigenvalue weighted by Crippen LogP contribution is 2.38. The molecule has 0 aliphatic carbocycles. The third-order valence-corrected chi connectivity index (χ3v) is 6.76. The molecule has 0 unspecified atom stereocenters. The predicted molar refractivity (Wildman–Crippen MR) is 131 cm³/mol. The van der Waals surface area contributed by atoms with E-state index < -0.39 is 0 Å². The summed E-state index contributed by atoms with van der Waals surface area (Å²) in [6.45, 7) is 1.95. The molecule has 0 N–H and O–H groups in total. The lowest BCUT2D eigenvalue weighted by Gasteiger charge is -2.30. The lowest BCUT2D eigenvalue weighted by Crippen LogP contribution is -2.40. The van der Waals surface area contributed by atoms with Gasteiger partial charge in [0, 0.05) is 30.1 Å². The molecule has 1 atom stereocenters. The average molecular weight is 460 g/mol. The summed E-state index contributed by atoms with van der Waals surface area (Å²) in [4.78, 5) is 15.8. The van der Waals surface area contributed by atoms with E-state index in [2.05, 4.69) is 29.2 Å². The lowest BCUT2D eigenvalue weighted by atomic mass is 9.97. The molecular formula is C27H26ClN3O2. The monoisotopic (exact) mass is 459 g/mol. The Labute approximate surface area is 199 Å². The van der Waals surface area contributed by atoms with Gasteiger partial charge in [-0.15, -0.1) is 0 Å². The Morgan fingerprint density at radius 2 is 1.76 bits per heavy atom. The van der Waals surface area contributed by atoms with E-state index in [0.29, 0.717) is 18.0 Å². The molecule has 6 heteroatoms. The normalized spacial score (nSPS) is 18.1. The number of fused-ring (bicyclic) bond motifs is 1. The number of rotatable bonds is 5. The Kier molecular flexibility index (Phi) is 6.16. The van der Waals surface area contributed by atoms with E-state index in [4.69, 9.17) is 21.4 Å². The van der Waals surface area contributed by atoms with Crippen LogP contribution in [-0.2, 0) is 17.8 Å². The van der Waals surface area contributed by atoms with Crippen LogP contribution < -0.4 is 4.74 Å². The first kappa shape index (κ1) is 21.7. The first-order valence-corrected chi connectivity index (χ1v) is 11.6. The number of nitrogens with zero attached hydrogens (tertiary/aromatic N) is 3. The molecule has 168 valence electrons. The van der Waals surface area contributed by atoms with Crippen molar-refractivity contribution in [2.75, 3.05) is 20.2 Å². The number of halogens is 1. The van der Waals surface area contributed by atoms with Gasteiger partial charge in [-0.2, -0.15) is 5.10 Å². The van der Waals surface area contributed by atoms with Gasteiger partial charge < -0.3 is 4.74 Å². The second kappa shape index (κ2) is 9.38. The summed E-state index contributed by atoms with van der Waals surface area (Å²) in [5.74, 6) is 0.722. The molecule has 2 aliphatic rings. The minimum Gasteiger partial charge on any atom is -0.496 e. The van der Waals surface area contributed by atoms with Gasteiger partial charge in [-0.3, -0.25) is 9.69 Å². The Morgan fingerprint density at radius 1 is 1.03 bits per heavy atom. The molecule has 5 nitrogen and oxygen atoms in total. The summed E-state index contributed by atoms with van der Waals surface area (Å²) < 4.78 is 5.55. The second-order valence-corrected chi connectivity index (χ2v) is 8.86. The zero-order valence-corrected chi connectivity index (χ0v) is 19.3. The molecule has 0 fully saturated rings. The van der Waals surface area contributed by atoms with E-state index in [9.17, 15) is 4.79 Å². The molecule has 0 aromatic heterocycles. The molecule has 0 saturated carbocycles. The second-order valence-electron chi connectivity index (χ2n) is 8.46. The lowest BCUT2D eigenvalue weighted by molar-refractivity contribution is -0.134. The Balaban J connectivity index is 1.43. The van der Waals surface area contributed by atoms with Gasteiger partial charge in [0.25, 0.3) is 5.91 Å². The molecule has 0 saturated heterocycles. The van der Waals surface area contributed by atoms with Gasteiger partial charge in [-0.1, -0.05) is 66.2 Å². The number of hydrogen-bond acceptors (Lipinski definition) is 4. The summed E-state index contributed by atoms with van der Waals surface area (Å²) >= 11 is 6.55. The minimum atomic E-state index is -0.247. The van der Waals surface area contributed by atoms with E-state index >= 15 is 0 Å². The van der Waals surface area contributed by atoms with Gasteiger partial charge in [0.2, 0.25) is 0 Å². The van der Waals surface area contributed by atoms with Crippen molar-refractivity contribution in [2.24, 2.45) is 5.10 Å². The van der Waals surface area contributed by atoms with Crippen molar-refractivity contribution in [2.45, 2.75) is 25.4 Å². The number of benzene rings is 3. The van der Waals surface area contributed by atoms with E-state index in [1.165, 1.54) is 11.1 Å². The van der Waals surface area contributed by atoms with Gasteiger partial charge in [-0.25, -0.2) is 5.01 Å². The number of amides is 1. The summed E-state index contributed by atoms with van der Waals surface area (Å²) in [6.07, 6.45) is 1.53. The van der Waals surface area contributed by atoms with E-state index in [0.717, 1.165) is 42.1 Å².